The van der Waals surface area contributed by atoms with E-state index in [0.29, 0.717) is 0 Å². The highest BCUT2D eigenvalue weighted by Gasteiger charge is 2.34. The van der Waals surface area contributed by atoms with E-state index in [-0.39, 0.29) is 18.5 Å². The van der Waals surface area contributed by atoms with Crippen molar-refractivity contribution in [3.05, 3.63) is 0 Å². The number of nitrogens with zero attached hydrogens (tertiary/aromatic N) is 1. The molecule has 0 aromatic heterocycles. The van der Waals surface area contributed by atoms with Crippen LogP contribution in [-0.4, -0.2) is 34.5 Å². The number of amides is 1. The summed E-state index contributed by atoms with van der Waals surface area (Å²) >= 11 is 0. The first kappa shape index (κ1) is 13.0. The minimum atomic E-state index is -0.926. The van der Waals surface area contributed by atoms with Gasteiger partial charge >= 0.3 is 5.97 Å². The number of rotatable bonds is 3. The molecule has 0 unspecified atom stereocenters. The fourth-order valence-corrected chi connectivity index (χ4v) is 2.16. The molecule has 0 aromatic rings. The maximum Gasteiger partial charge on any atom is 0.323 e. The van der Waals surface area contributed by atoms with Crippen LogP contribution in [0.2, 0.25) is 0 Å². The van der Waals surface area contributed by atoms with Crippen LogP contribution in [0.1, 0.15) is 46.5 Å². The maximum absolute atomic E-state index is 12.1. The summed E-state index contributed by atoms with van der Waals surface area (Å²) in [5, 5.41) is 8.86. The molecule has 1 fully saturated rings. The SMILES string of the molecule is CC(C)(C)C(=O)N(CC(=O)O)C1CCCC1. The molecule has 0 aliphatic heterocycles. The van der Waals surface area contributed by atoms with E-state index in [1.165, 1.54) is 0 Å². The molecule has 1 amide bonds. The van der Waals surface area contributed by atoms with Crippen molar-refractivity contribution >= 4 is 11.9 Å². The Morgan fingerprint density at radius 3 is 2.12 bits per heavy atom. The fraction of sp³-hybridized carbons (Fsp3) is 0.833. The van der Waals surface area contributed by atoms with Gasteiger partial charge in [-0.05, 0) is 12.8 Å². The molecule has 1 aliphatic rings. The van der Waals surface area contributed by atoms with Crippen LogP contribution in [0.5, 0.6) is 0 Å². The Hall–Kier alpha value is -1.06. The number of carbonyl (C=O) groups is 2. The summed E-state index contributed by atoms with van der Waals surface area (Å²) in [7, 11) is 0. The first-order valence-electron chi connectivity index (χ1n) is 5.85. The van der Waals surface area contributed by atoms with Crippen molar-refractivity contribution in [2.24, 2.45) is 5.41 Å². The van der Waals surface area contributed by atoms with E-state index in [1.54, 1.807) is 4.90 Å². The topological polar surface area (TPSA) is 57.6 Å². The third kappa shape index (κ3) is 3.22. The Labute approximate surface area is 96.6 Å². The van der Waals surface area contributed by atoms with Crippen LogP contribution in [0, 0.1) is 5.41 Å². The molecule has 1 saturated carbocycles. The van der Waals surface area contributed by atoms with E-state index >= 15 is 0 Å². The molecule has 0 spiro atoms. The van der Waals surface area contributed by atoms with E-state index in [2.05, 4.69) is 0 Å². The van der Waals surface area contributed by atoms with Crippen LogP contribution in [0.15, 0.2) is 0 Å². The third-order valence-electron chi connectivity index (χ3n) is 2.97. The van der Waals surface area contributed by atoms with Gasteiger partial charge in [0.1, 0.15) is 6.54 Å². The third-order valence-corrected chi connectivity index (χ3v) is 2.97. The van der Waals surface area contributed by atoms with E-state index < -0.39 is 11.4 Å². The van der Waals surface area contributed by atoms with Gasteiger partial charge in [0.05, 0.1) is 0 Å². The molecule has 0 saturated heterocycles. The average Bonchev–Trinajstić information content (AvgIpc) is 2.63. The van der Waals surface area contributed by atoms with E-state index in [4.69, 9.17) is 5.11 Å². The first-order valence-corrected chi connectivity index (χ1v) is 5.85. The standard InChI is InChI=1S/C12H21NO3/c1-12(2,3)11(16)13(8-10(14)15)9-6-4-5-7-9/h9H,4-8H2,1-3H3,(H,14,15). The van der Waals surface area contributed by atoms with Crippen LogP contribution in [0.3, 0.4) is 0 Å². The van der Waals surface area contributed by atoms with Crippen LogP contribution >= 0.6 is 0 Å². The van der Waals surface area contributed by atoms with Gasteiger partial charge < -0.3 is 10.0 Å². The molecule has 0 radical (unpaired) electrons. The second kappa shape index (κ2) is 4.85. The van der Waals surface area contributed by atoms with Crippen molar-refractivity contribution < 1.29 is 14.7 Å². The molecule has 92 valence electrons. The van der Waals surface area contributed by atoms with Gasteiger partial charge in [0, 0.05) is 11.5 Å². The molecule has 0 heterocycles. The fourth-order valence-electron chi connectivity index (χ4n) is 2.16. The minimum Gasteiger partial charge on any atom is -0.480 e. The van der Waals surface area contributed by atoms with Crippen LogP contribution in [-0.2, 0) is 9.59 Å². The van der Waals surface area contributed by atoms with Gasteiger partial charge in [-0.1, -0.05) is 33.6 Å². The number of hydrogen-bond donors (Lipinski definition) is 1. The van der Waals surface area contributed by atoms with Crippen LogP contribution in [0.25, 0.3) is 0 Å². The van der Waals surface area contributed by atoms with E-state index in [9.17, 15) is 9.59 Å². The predicted molar refractivity (Wildman–Crippen MR) is 61.1 cm³/mol. The molecule has 0 atom stereocenters. The molecular formula is C12H21NO3. The molecule has 16 heavy (non-hydrogen) atoms. The number of carboxylic acids is 1. The van der Waals surface area contributed by atoms with Gasteiger partial charge in [-0.15, -0.1) is 0 Å². The lowest BCUT2D eigenvalue weighted by atomic mass is 9.93. The van der Waals surface area contributed by atoms with Crippen LogP contribution < -0.4 is 0 Å². The van der Waals surface area contributed by atoms with Crippen molar-refractivity contribution in [1.29, 1.82) is 0 Å². The molecule has 1 aliphatic carbocycles. The summed E-state index contributed by atoms with van der Waals surface area (Å²) in [6.07, 6.45) is 4.07. The molecule has 0 aromatic carbocycles. The van der Waals surface area contributed by atoms with Crippen molar-refractivity contribution in [3.8, 4) is 0 Å². The number of carboxylic acid groups (broad SMARTS) is 1. The van der Waals surface area contributed by atoms with E-state index in [0.717, 1.165) is 25.7 Å². The summed E-state index contributed by atoms with van der Waals surface area (Å²) in [5.41, 5.74) is -0.502. The Bertz CT molecular complexity index is 274. The number of aliphatic carboxylic acids is 1. The molecule has 0 bridgehead atoms. The second-order valence-corrected chi connectivity index (χ2v) is 5.52. The van der Waals surface area contributed by atoms with Crippen LogP contribution in [0.4, 0.5) is 0 Å². The largest absolute Gasteiger partial charge is 0.480 e. The zero-order valence-electron chi connectivity index (χ0n) is 10.3. The smallest absolute Gasteiger partial charge is 0.323 e. The van der Waals surface area contributed by atoms with Gasteiger partial charge in [-0.25, -0.2) is 0 Å². The maximum atomic E-state index is 12.1. The monoisotopic (exact) mass is 227 g/mol. The lowest BCUT2D eigenvalue weighted by Crippen LogP contribution is -2.47. The average molecular weight is 227 g/mol. The zero-order valence-corrected chi connectivity index (χ0v) is 10.3. The lowest BCUT2D eigenvalue weighted by molar-refractivity contribution is -0.150. The van der Waals surface area contributed by atoms with Gasteiger partial charge in [0.25, 0.3) is 0 Å². The Balaban J connectivity index is 2.77. The molecule has 1 rings (SSSR count). The molecule has 4 heteroatoms. The quantitative estimate of drug-likeness (QED) is 0.801. The Morgan fingerprint density at radius 2 is 1.75 bits per heavy atom. The highest BCUT2D eigenvalue weighted by molar-refractivity contribution is 5.85. The van der Waals surface area contributed by atoms with Crippen molar-refractivity contribution in [2.45, 2.75) is 52.5 Å². The van der Waals surface area contributed by atoms with Gasteiger partial charge in [-0.3, -0.25) is 9.59 Å². The van der Waals surface area contributed by atoms with Crippen molar-refractivity contribution in [1.82, 2.24) is 4.90 Å². The number of carbonyl (C=O) groups excluding carboxylic acids is 1. The second-order valence-electron chi connectivity index (χ2n) is 5.52. The summed E-state index contributed by atoms with van der Waals surface area (Å²) in [6, 6.07) is 0.128. The summed E-state index contributed by atoms with van der Waals surface area (Å²) in [6.45, 7) is 5.33. The zero-order chi connectivity index (χ0) is 12.3. The minimum absolute atomic E-state index is 0.0539. The highest BCUT2D eigenvalue weighted by Crippen LogP contribution is 2.27. The summed E-state index contributed by atoms with van der Waals surface area (Å²) < 4.78 is 0. The molecular weight excluding hydrogens is 206 g/mol. The van der Waals surface area contributed by atoms with Gasteiger partial charge in [0.15, 0.2) is 0 Å². The van der Waals surface area contributed by atoms with Crippen molar-refractivity contribution in [2.75, 3.05) is 6.54 Å². The molecule has 1 N–H and O–H groups in total. The van der Waals surface area contributed by atoms with Gasteiger partial charge in [0.2, 0.25) is 5.91 Å². The normalized spacial score (nSPS) is 17.4. The Kier molecular flexibility index (Phi) is 3.94. The highest BCUT2D eigenvalue weighted by atomic mass is 16.4. The predicted octanol–water partition coefficient (Wildman–Crippen LogP) is 1.89. The van der Waals surface area contributed by atoms with Gasteiger partial charge in [-0.2, -0.15) is 0 Å². The first-order chi connectivity index (χ1) is 7.32. The Morgan fingerprint density at radius 1 is 1.25 bits per heavy atom. The number of hydrogen-bond acceptors (Lipinski definition) is 2. The summed E-state index contributed by atoms with van der Waals surface area (Å²) in [5.74, 6) is -0.980. The summed E-state index contributed by atoms with van der Waals surface area (Å²) in [4.78, 5) is 24.5. The lowest BCUT2D eigenvalue weighted by Gasteiger charge is -2.33. The van der Waals surface area contributed by atoms with Crippen molar-refractivity contribution in [3.63, 3.8) is 0 Å². The van der Waals surface area contributed by atoms with E-state index in [1.807, 2.05) is 20.8 Å². The molecule has 4 nitrogen and oxygen atoms in total.